The zero-order chi connectivity index (χ0) is 22.5. The first-order valence-electron chi connectivity index (χ1n) is 9.90. The van der Waals surface area contributed by atoms with Crippen molar-refractivity contribution in [1.29, 1.82) is 0 Å². The van der Waals surface area contributed by atoms with Crippen molar-refractivity contribution in [2.45, 2.75) is 31.5 Å². The maximum atomic E-state index is 13.1. The molecule has 0 unspecified atom stereocenters. The molecule has 3 N–H and O–H groups in total. The minimum absolute atomic E-state index is 0.0362. The van der Waals surface area contributed by atoms with Crippen LogP contribution in [0.5, 0.6) is 0 Å². The third kappa shape index (κ3) is 4.01. The molecule has 3 heterocycles. The molecule has 1 aliphatic heterocycles. The lowest BCUT2D eigenvalue weighted by Crippen LogP contribution is -2.19. The molecule has 2 fully saturated rings. The third-order valence-electron chi connectivity index (χ3n) is 5.12. The van der Waals surface area contributed by atoms with Crippen LogP contribution in [-0.2, 0) is 15.8 Å². The number of nitrogens with zero attached hydrogens (tertiary/aromatic N) is 3. The van der Waals surface area contributed by atoms with Crippen LogP contribution in [0.1, 0.15) is 30.4 Å². The molecular formula is C21H17F3N6O2. The Kier molecular flexibility index (Phi) is 4.61. The number of aromatic nitrogens is 3. The lowest BCUT2D eigenvalue weighted by atomic mass is 10.1. The second kappa shape index (κ2) is 7.36. The highest BCUT2D eigenvalue weighted by Gasteiger charge is 2.30. The fourth-order valence-corrected chi connectivity index (χ4v) is 3.42. The maximum absolute atomic E-state index is 13.1. The Hall–Kier alpha value is -3.89. The topological polar surface area (TPSA) is 100 Å². The van der Waals surface area contributed by atoms with E-state index in [1.165, 1.54) is 18.3 Å². The average molecular weight is 442 g/mol. The molecule has 1 aliphatic carbocycles. The number of carbonyl (C=O) groups excluding carboxylic acids is 2. The summed E-state index contributed by atoms with van der Waals surface area (Å²) in [6.07, 6.45) is 0.576. The molecule has 8 nitrogen and oxygen atoms in total. The number of rotatable bonds is 5. The van der Waals surface area contributed by atoms with Crippen LogP contribution < -0.4 is 16.0 Å². The highest BCUT2D eigenvalue weighted by atomic mass is 19.4. The second-order valence-electron chi connectivity index (χ2n) is 7.71. The average Bonchev–Trinajstić information content (AvgIpc) is 3.36. The number of carbonyl (C=O) groups is 2. The Morgan fingerprint density at radius 3 is 2.69 bits per heavy atom. The molecule has 2 aromatic heterocycles. The molecule has 0 atom stereocenters. The molecule has 32 heavy (non-hydrogen) atoms. The van der Waals surface area contributed by atoms with E-state index in [4.69, 9.17) is 0 Å². The van der Waals surface area contributed by atoms with E-state index in [-0.39, 0.29) is 24.1 Å². The predicted molar refractivity (Wildman–Crippen MR) is 110 cm³/mol. The van der Waals surface area contributed by atoms with Crippen molar-refractivity contribution in [2.24, 2.45) is 0 Å². The molecule has 2 amide bonds. The summed E-state index contributed by atoms with van der Waals surface area (Å²) in [6.45, 7) is 0. The molecule has 11 heteroatoms. The van der Waals surface area contributed by atoms with Gasteiger partial charge in [0.2, 0.25) is 5.91 Å². The van der Waals surface area contributed by atoms with E-state index in [0.717, 1.165) is 25.0 Å². The lowest BCUT2D eigenvalue weighted by molar-refractivity contribution is -0.137. The highest BCUT2D eigenvalue weighted by Crippen LogP contribution is 2.32. The van der Waals surface area contributed by atoms with Crippen LogP contribution >= 0.6 is 0 Å². The molecule has 1 aromatic carbocycles. The number of amides is 2. The van der Waals surface area contributed by atoms with Gasteiger partial charge in [0, 0.05) is 28.9 Å². The van der Waals surface area contributed by atoms with E-state index < -0.39 is 17.6 Å². The molecule has 164 valence electrons. The normalized spacial score (nSPS) is 17.8. The Balaban J connectivity index is 1.55. The number of alkyl halides is 3. The van der Waals surface area contributed by atoms with Crippen molar-refractivity contribution in [3.8, 4) is 0 Å². The van der Waals surface area contributed by atoms with Gasteiger partial charge in [-0.15, -0.1) is 0 Å². The van der Waals surface area contributed by atoms with Crippen molar-refractivity contribution in [2.75, 3.05) is 10.6 Å². The number of imide groups is 1. The minimum Gasteiger partial charge on any atom is -0.367 e. The van der Waals surface area contributed by atoms with Gasteiger partial charge in [0.15, 0.2) is 5.65 Å². The van der Waals surface area contributed by atoms with E-state index in [2.05, 4.69) is 26.0 Å². The van der Waals surface area contributed by atoms with E-state index in [1.807, 2.05) is 0 Å². The van der Waals surface area contributed by atoms with Gasteiger partial charge >= 0.3 is 6.18 Å². The first-order valence-corrected chi connectivity index (χ1v) is 9.90. The summed E-state index contributed by atoms with van der Waals surface area (Å²) in [5.41, 5.74) is 0.654. The first-order chi connectivity index (χ1) is 15.3. The molecule has 1 saturated heterocycles. The van der Waals surface area contributed by atoms with E-state index in [0.29, 0.717) is 28.4 Å². The van der Waals surface area contributed by atoms with Gasteiger partial charge in [-0.05, 0) is 37.1 Å². The predicted octanol–water partition coefficient (Wildman–Crippen LogP) is 3.50. The second-order valence-corrected chi connectivity index (χ2v) is 7.71. The molecule has 0 bridgehead atoms. The first kappa shape index (κ1) is 20.0. The number of fused-ring (bicyclic) bond motifs is 1. The van der Waals surface area contributed by atoms with E-state index in [1.54, 1.807) is 16.7 Å². The standard InChI is InChI=1S/C21H17F3N6O2/c22-21(23,24)13-2-1-3-15(8-13)26-16-9-17(27-14-4-5-14)30-19(28-16)12(10-25-30)6-11-7-18(31)29-20(11)32/h1-3,6,8-10,14,27H,4-5,7H2,(H,26,28)(H,29,31,32). The largest absolute Gasteiger partial charge is 0.416 e. The zero-order valence-electron chi connectivity index (χ0n) is 16.5. The van der Waals surface area contributed by atoms with Gasteiger partial charge < -0.3 is 10.6 Å². The summed E-state index contributed by atoms with van der Waals surface area (Å²) in [4.78, 5) is 27.9. The maximum Gasteiger partial charge on any atom is 0.416 e. The monoisotopic (exact) mass is 442 g/mol. The Labute approximate surface area is 179 Å². The molecule has 0 radical (unpaired) electrons. The summed E-state index contributed by atoms with van der Waals surface area (Å²) in [7, 11) is 0. The van der Waals surface area contributed by atoms with E-state index in [9.17, 15) is 22.8 Å². The van der Waals surface area contributed by atoms with Crippen molar-refractivity contribution in [3.63, 3.8) is 0 Å². The van der Waals surface area contributed by atoms with Crippen molar-refractivity contribution in [1.82, 2.24) is 19.9 Å². The summed E-state index contributed by atoms with van der Waals surface area (Å²) in [5.74, 6) is 0.0771. The Morgan fingerprint density at radius 2 is 2.00 bits per heavy atom. The molecular weight excluding hydrogens is 425 g/mol. The minimum atomic E-state index is -4.46. The summed E-state index contributed by atoms with van der Waals surface area (Å²) < 4.78 is 40.8. The fraction of sp³-hybridized carbons (Fsp3) is 0.238. The van der Waals surface area contributed by atoms with Crippen LogP contribution in [0.4, 0.5) is 30.5 Å². The molecule has 2 aliphatic rings. The Morgan fingerprint density at radius 1 is 1.19 bits per heavy atom. The molecule has 3 aromatic rings. The molecule has 1 saturated carbocycles. The summed E-state index contributed by atoms with van der Waals surface area (Å²) >= 11 is 0. The van der Waals surface area contributed by atoms with Crippen LogP contribution in [0, 0.1) is 0 Å². The Bertz CT molecular complexity index is 1280. The van der Waals surface area contributed by atoms with Gasteiger partial charge in [-0.25, -0.2) is 4.98 Å². The number of hydrogen-bond acceptors (Lipinski definition) is 6. The SMILES string of the molecule is O=C1CC(=Cc2cnn3c(NC4CC4)cc(Nc4cccc(C(F)(F)F)c4)nc23)C(=O)N1. The zero-order valence-corrected chi connectivity index (χ0v) is 16.5. The van der Waals surface area contributed by atoms with Crippen LogP contribution in [-0.4, -0.2) is 32.5 Å². The van der Waals surface area contributed by atoms with Crippen molar-refractivity contribution in [3.05, 3.63) is 53.2 Å². The molecule has 5 rings (SSSR count). The van der Waals surface area contributed by atoms with Crippen molar-refractivity contribution < 1.29 is 22.8 Å². The van der Waals surface area contributed by atoms with Gasteiger partial charge in [-0.2, -0.15) is 22.8 Å². The smallest absolute Gasteiger partial charge is 0.367 e. The number of nitrogens with one attached hydrogen (secondary N) is 3. The molecule has 0 spiro atoms. The van der Waals surface area contributed by atoms with Crippen molar-refractivity contribution >= 4 is 40.9 Å². The van der Waals surface area contributed by atoms with Crippen LogP contribution in [0.3, 0.4) is 0 Å². The quantitative estimate of drug-likeness (QED) is 0.413. The van der Waals surface area contributed by atoms with E-state index >= 15 is 0 Å². The third-order valence-corrected chi connectivity index (χ3v) is 5.12. The number of halogens is 3. The van der Waals surface area contributed by atoms with Gasteiger partial charge in [-0.3, -0.25) is 14.9 Å². The highest BCUT2D eigenvalue weighted by molar-refractivity contribution is 6.15. The van der Waals surface area contributed by atoms with Gasteiger partial charge in [0.1, 0.15) is 11.6 Å². The summed E-state index contributed by atoms with van der Waals surface area (Å²) in [5, 5.41) is 12.8. The van der Waals surface area contributed by atoms with Gasteiger partial charge in [0.25, 0.3) is 5.91 Å². The number of hydrogen-bond donors (Lipinski definition) is 3. The lowest BCUT2D eigenvalue weighted by Gasteiger charge is -2.13. The summed E-state index contributed by atoms with van der Waals surface area (Å²) in [6, 6.07) is 6.79. The van der Waals surface area contributed by atoms with Crippen LogP contribution in [0.25, 0.3) is 11.7 Å². The fourth-order valence-electron chi connectivity index (χ4n) is 3.42. The number of anilines is 3. The number of benzene rings is 1. The van der Waals surface area contributed by atoms with Gasteiger partial charge in [0.05, 0.1) is 18.2 Å². The van der Waals surface area contributed by atoms with Gasteiger partial charge in [-0.1, -0.05) is 6.07 Å². The van der Waals surface area contributed by atoms with Crippen LogP contribution in [0.15, 0.2) is 42.1 Å². The van der Waals surface area contributed by atoms with Crippen LogP contribution in [0.2, 0.25) is 0 Å².